The fourth-order valence-corrected chi connectivity index (χ4v) is 8.02. The Balaban J connectivity index is 1.38. The van der Waals surface area contributed by atoms with Crippen LogP contribution < -0.4 is 0 Å². The zero-order valence-electron chi connectivity index (χ0n) is 25.8. The molecule has 0 saturated heterocycles. The van der Waals surface area contributed by atoms with Crippen molar-refractivity contribution in [3.63, 3.8) is 0 Å². The molecule has 218 valence electrons. The monoisotopic (exact) mass is 589 g/mol. The molecule has 3 nitrogen and oxygen atoms in total. The van der Waals surface area contributed by atoms with Gasteiger partial charge in [-0.25, -0.2) is 15.0 Å². The first-order valence-electron chi connectivity index (χ1n) is 15.9. The Morgan fingerprint density at radius 3 is 1.33 bits per heavy atom. The maximum absolute atomic E-state index is 5.17. The highest BCUT2D eigenvalue weighted by atomic mass is 15.0. The molecule has 2 aliphatic carbocycles. The standard InChI is InChI=1S/C43H31N3/c1-42(2)33-23-11-13-25-35(33)43(36-26-14-12-24-34(36)42)32-22-10-9-20-30(32)38-31(21-15-27-37(38)43)41-45-39(28-16-5-3-6-17-28)44-40(46-41)29-18-7-4-8-19-29/h3-27H,1-2H3. The summed E-state index contributed by atoms with van der Waals surface area (Å²) in [6, 6.07) is 54.1. The SMILES string of the molecule is CC1(C)c2ccccc2C2(c3ccccc3-c3c(-c4nc(-c5ccccc5)nc(-c5ccccc5)n4)cccc32)c2ccccc21. The van der Waals surface area contributed by atoms with Crippen LogP contribution in [0, 0.1) is 0 Å². The normalized spacial score (nSPS) is 14.7. The lowest BCUT2D eigenvalue weighted by molar-refractivity contribution is 0.563. The number of fused-ring (bicyclic) bond motifs is 9. The van der Waals surface area contributed by atoms with Gasteiger partial charge in [0, 0.05) is 22.1 Å². The molecule has 0 unspecified atom stereocenters. The molecule has 0 amide bonds. The molecule has 0 N–H and O–H groups in total. The molecule has 46 heavy (non-hydrogen) atoms. The summed E-state index contributed by atoms with van der Waals surface area (Å²) in [6.07, 6.45) is 0. The Hall–Kier alpha value is -5.67. The second-order valence-electron chi connectivity index (χ2n) is 12.8. The van der Waals surface area contributed by atoms with Crippen molar-refractivity contribution in [3.8, 4) is 45.3 Å². The van der Waals surface area contributed by atoms with E-state index in [2.05, 4.69) is 129 Å². The first kappa shape index (κ1) is 26.7. The molecular formula is C43H31N3. The first-order valence-corrected chi connectivity index (χ1v) is 15.9. The second-order valence-corrected chi connectivity index (χ2v) is 12.8. The third kappa shape index (κ3) is 3.63. The van der Waals surface area contributed by atoms with E-state index in [0.717, 1.165) is 16.7 Å². The fraction of sp³-hybridized carbons (Fsp3) is 0.0930. The summed E-state index contributed by atoms with van der Waals surface area (Å²) in [5, 5.41) is 0. The molecule has 0 fully saturated rings. The van der Waals surface area contributed by atoms with Gasteiger partial charge in [-0.2, -0.15) is 0 Å². The van der Waals surface area contributed by atoms with Crippen LogP contribution >= 0.6 is 0 Å². The maximum Gasteiger partial charge on any atom is 0.164 e. The molecule has 0 atom stereocenters. The molecule has 6 aromatic carbocycles. The van der Waals surface area contributed by atoms with Crippen molar-refractivity contribution in [2.75, 3.05) is 0 Å². The molecule has 1 aromatic heterocycles. The zero-order valence-corrected chi connectivity index (χ0v) is 25.8. The van der Waals surface area contributed by atoms with E-state index >= 15 is 0 Å². The van der Waals surface area contributed by atoms with Crippen molar-refractivity contribution in [1.29, 1.82) is 0 Å². The molecule has 2 aliphatic rings. The highest BCUT2D eigenvalue weighted by Gasteiger charge is 2.53. The lowest BCUT2D eigenvalue weighted by Gasteiger charge is -2.46. The molecule has 3 heteroatoms. The molecular weight excluding hydrogens is 558 g/mol. The molecule has 0 aliphatic heterocycles. The van der Waals surface area contributed by atoms with Gasteiger partial charge < -0.3 is 0 Å². The smallest absolute Gasteiger partial charge is 0.164 e. The van der Waals surface area contributed by atoms with Crippen LogP contribution in [0.3, 0.4) is 0 Å². The third-order valence-corrected chi connectivity index (χ3v) is 10.0. The van der Waals surface area contributed by atoms with Gasteiger partial charge in [-0.15, -0.1) is 0 Å². The number of aromatic nitrogens is 3. The van der Waals surface area contributed by atoms with Crippen LogP contribution in [0.25, 0.3) is 45.3 Å². The lowest BCUT2D eigenvalue weighted by atomic mass is 9.55. The van der Waals surface area contributed by atoms with Crippen molar-refractivity contribution in [2.45, 2.75) is 24.7 Å². The number of benzene rings is 6. The Labute approximate surface area is 269 Å². The molecule has 0 radical (unpaired) electrons. The van der Waals surface area contributed by atoms with E-state index in [1.54, 1.807) is 0 Å². The van der Waals surface area contributed by atoms with Crippen LogP contribution in [-0.4, -0.2) is 15.0 Å². The predicted molar refractivity (Wildman–Crippen MR) is 186 cm³/mol. The highest BCUT2D eigenvalue weighted by molar-refractivity contribution is 5.95. The molecule has 0 bridgehead atoms. The van der Waals surface area contributed by atoms with Gasteiger partial charge in [-0.1, -0.05) is 166 Å². The van der Waals surface area contributed by atoms with E-state index in [4.69, 9.17) is 15.0 Å². The van der Waals surface area contributed by atoms with Gasteiger partial charge in [0.2, 0.25) is 0 Å². The minimum absolute atomic E-state index is 0.142. The van der Waals surface area contributed by atoms with Crippen molar-refractivity contribution < 1.29 is 0 Å². The lowest BCUT2D eigenvalue weighted by Crippen LogP contribution is -2.40. The summed E-state index contributed by atoms with van der Waals surface area (Å²) < 4.78 is 0. The molecule has 1 heterocycles. The van der Waals surface area contributed by atoms with Gasteiger partial charge in [0.15, 0.2) is 17.5 Å². The van der Waals surface area contributed by atoms with Crippen molar-refractivity contribution in [2.24, 2.45) is 0 Å². The average molecular weight is 590 g/mol. The Morgan fingerprint density at radius 1 is 0.348 bits per heavy atom. The van der Waals surface area contributed by atoms with Gasteiger partial charge in [0.05, 0.1) is 5.41 Å². The Kier molecular flexibility index (Phi) is 5.76. The van der Waals surface area contributed by atoms with Gasteiger partial charge in [-0.3, -0.25) is 0 Å². The second kappa shape index (κ2) is 9.92. The average Bonchev–Trinajstić information content (AvgIpc) is 3.43. The number of hydrogen-bond acceptors (Lipinski definition) is 3. The minimum atomic E-state index is -0.470. The van der Waals surface area contributed by atoms with Gasteiger partial charge in [-0.05, 0) is 44.5 Å². The summed E-state index contributed by atoms with van der Waals surface area (Å²) in [7, 11) is 0. The summed E-state index contributed by atoms with van der Waals surface area (Å²) in [5.74, 6) is 2.01. The van der Waals surface area contributed by atoms with E-state index in [-0.39, 0.29) is 5.41 Å². The van der Waals surface area contributed by atoms with Crippen molar-refractivity contribution >= 4 is 0 Å². The predicted octanol–water partition coefficient (Wildman–Crippen LogP) is 9.87. The van der Waals surface area contributed by atoms with E-state index in [1.807, 2.05) is 36.4 Å². The zero-order chi connectivity index (χ0) is 30.9. The maximum atomic E-state index is 5.17. The molecule has 7 aromatic rings. The van der Waals surface area contributed by atoms with Crippen LogP contribution in [0.15, 0.2) is 152 Å². The molecule has 0 saturated carbocycles. The quantitative estimate of drug-likeness (QED) is 0.206. The topological polar surface area (TPSA) is 38.7 Å². The fourth-order valence-electron chi connectivity index (χ4n) is 8.02. The number of nitrogens with zero attached hydrogens (tertiary/aromatic N) is 3. The van der Waals surface area contributed by atoms with E-state index in [1.165, 1.54) is 44.5 Å². The number of hydrogen-bond donors (Lipinski definition) is 0. The summed E-state index contributed by atoms with van der Waals surface area (Å²) >= 11 is 0. The molecule has 1 spiro atoms. The van der Waals surface area contributed by atoms with Crippen molar-refractivity contribution in [1.82, 2.24) is 15.0 Å². The highest BCUT2D eigenvalue weighted by Crippen LogP contribution is 2.63. The van der Waals surface area contributed by atoms with E-state index < -0.39 is 5.41 Å². The number of rotatable bonds is 3. The third-order valence-electron chi connectivity index (χ3n) is 10.0. The van der Waals surface area contributed by atoms with Crippen molar-refractivity contribution in [3.05, 3.63) is 185 Å². The van der Waals surface area contributed by atoms with Crippen LogP contribution in [-0.2, 0) is 10.8 Å². The van der Waals surface area contributed by atoms with Gasteiger partial charge in [0.25, 0.3) is 0 Å². The van der Waals surface area contributed by atoms with Crippen LogP contribution in [0.1, 0.15) is 47.2 Å². The van der Waals surface area contributed by atoms with E-state index in [0.29, 0.717) is 17.5 Å². The molecule has 9 rings (SSSR count). The van der Waals surface area contributed by atoms with Crippen LogP contribution in [0.2, 0.25) is 0 Å². The first-order chi connectivity index (χ1) is 22.6. The Morgan fingerprint density at radius 2 is 0.761 bits per heavy atom. The summed E-state index contributed by atoms with van der Waals surface area (Å²) in [5.41, 5.74) is 12.7. The summed E-state index contributed by atoms with van der Waals surface area (Å²) in [6.45, 7) is 4.72. The summed E-state index contributed by atoms with van der Waals surface area (Å²) in [4.78, 5) is 15.3. The van der Waals surface area contributed by atoms with E-state index in [9.17, 15) is 0 Å². The van der Waals surface area contributed by atoms with Gasteiger partial charge in [0.1, 0.15) is 0 Å². The van der Waals surface area contributed by atoms with Crippen LogP contribution in [0.5, 0.6) is 0 Å². The van der Waals surface area contributed by atoms with Gasteiger partial charge >= 0.3 is 0 Å². The van der Waals surface area contributed by atoms with Crippen LogP contribution in [0.4, 0.5) is 0 Å². The largest absolute Gasteiger partial charge is 0.208 e. The Bertz CT molecular complexity index is 2180. The minimum Gasteiger partial charge on any atom is -0.208 e.